The summed E-state index contributed by atoms with van der Waals surface area (Å²) in [6.45, 7) is 2.08. The van der Waals surface area contributed by atoms with E-state index in [9.17, 15) is 0 Å². The van der Waals surface area contributed by atoms with Crippen molar-refractivity contribution in [2.24, 2.45) is 0 Å². The molecule has 1 saturated carbocycles. The van der Waals surface area contributed by atoms with Gasteiger partial charge in [0.2, 0.25) is 0 Å². The predicted octanol–water partition coefficient (Wildman–Crippen LogP) is 2.08. The Kier molecular flexibility index (Phi) is 3.21. The topological polar surface area (TPSA) is 39.1 Å². The summed E-state index contributed by atoms with van der Waals surface area (Å²) in [5.74, 6) is 0. The summed E-state index contributed by atoms with van der Waals surface area (Å²) >= 11 is 0. The molecule has 0 saturated heterocycles. The molecule has 0 radical (unpaired) electrons. The van der Waals surface area contributed by atoms with Crippen molar-refractivity contribution in [1.29, 1.82) is 5.26 Å². The minimum atomic E-state index is 0.0188. The van der Waals surface area contributed by atoms with E-state index in [0.717, 1.165) is 25.9 Å². The molecule has 1 unspecified atom stereocenters. The van der Waals surface area contributed by atoms with Crippen molar-refractivity contribution in [1.82, 2.24) is 5.32 Å². The van der Waals surface area contributed by atoms with Crippen molar-refractivity contribution < 1.29 is 0 Å². The Labute approximate surface area is 108 Å². The highest BCUT2D eigenvalue weighted by atomic mass is 15.1. The number of hydrogen-bond acceptors (Lipinski definition) is 3. The maximum absolute atomic E-state index is 9.14. The zero-order chi connectivity index (χ0) is 12.4. The Morgan fingerprint density at radius 2 is 2.22 bits per heavy atom. The van der Waals surface area contributed by atoms with Crippen LogP contribution in [0, 0.1) is 11.3 Å². The number of fused-ring (bicyclic) bond motifs is 1. The quantitative estimate of drug-likeness (QED) is 0.858. The van der Waals surface area contributed by atoms with E-state index < -0.39 is 0 Å². The van der Waals surface area contributed by atoms with Crippen LogP contribution in [-0.4, -0.2) is 25.2 Å². The molecule has 1 heterocycles. The molecule has 2 aliphatic rings. The Bertz CT molecular complexity index is 459. The third-order valence-corrected chi connectivity index (χ3v) is 3.84. The molecule has 0 aromatic heterocycles. The maximum atomic E-state index is 9.14. The first kappa shape index (κ1) is 11.6. The van der Waals surface area contributed by atoms with E-state index in [1.807, 2.05) is 0 Å². The van der Waals surface area contributed by atoms with Gasteiger partial charge in [-0.15, -0.1) is 0 Å². The molecule has 0 amide bonds. The Balaban J connectivity index is 1.56. The van der Waals surface area contributed by atoms with Crippen LogP contribution in [0.2, 0.25) is 0 Å². The molecule has 1 fully saturated rings. The summed E-state index contributed by atoms with van der Waals surface area (Å²) in [6.07, 6.45) is 4.54. The van der Waals surface area contributed by atoms with Crippen molar-refractivity contribution in [3.63, 3.8) is 0 Å². The van der Waals surface area contributed by atoms with E-state index >= 15 is 0 Å². The molecule has 0 spiro atoms. The summed E-state index contributed by atoms with van der Waals surface area (Å²) in [5, 5.41) is 12.5. The van der Waals surface area contributed by atoms with Crippen molar-refractivity contribution in [2.45, 2.75) is 37.8 Å². The Hall–Kier alpha value is -1.53. The van der Waals surface area contributed by atoms with E-state index in [4.69, 9.17) is 5.26 Å². The highest BCUT2D eigenvalue weighted by molar-refractivity contribution is 5.57. The largest absolute Gasteiger partial charge is 0.371 e. The van der Waals surface area contributed by atoms with Gasteiger partial charge in [0.05, 0.1) is 12.1 Å². The van der Waals surface area contributed by atoms with Gasteiger partial charge in [0, 0.05) is 24.8 Å². The molecule has 1 aliphatic carbocycles. The number of nitrogens with zero attached hydrogens (tertiary/aromatic N) is 2. The van der Waals surface area contributed by atoms with Crippen LogP contribution < -0.4 is 10.2 Å². The van der Waals surface area contributed by atoms with Gasteiger partial charge in [0.25, 0.3) is 0 Å². The van der Waals surface area contributed by atoms with E-state index in [1.165, 1.54) is 24.1 Å². The fourth-order valence-corrected chi connectivity index (χ4v) is 2.64. The zero-order valence-corrected chi connectivity index (χ0v) is 10.6. The summed E-state index contributed by atoms with van der Waals surface area (Å²) < 4.78 is 0. The van der Waals surface area contributed by atoms with Crippen LogP contribution >= 0.6 is 0 Å². The van der Waals surface area contributed by atoms with Crippen LogP contribution in [0.1, 0.15) is 24.8 Å². The lowest BCUT2D eigenvalue weighted by molar-refractivity contribution is 0.557. The number of nitriles is 1. The summed E-state index contributed by atoms with van der Waals surface area (Å²) in [6, 6.07) is 11.6. The van der Waals surface area contributed by atoms with Gasteiger partial charge in [-0.2, -0.15) is 5.26 Å². The van der Waals surface area contributed by atoms with Crippen molar-refractivity contribution in [3.05, 3.63) is 29.8 Å². The summed E-state index contributed by atoms with van der Waals surface area (Å²) in [7, 11) is 0. The highest BCUT2D eigenvalue weighted by Gasteiger charge is 2.25. The minimum absolute atomic E-state index is 0.0188. The van der Waals surface area contributed by atoms with Gasteiger partial charge in [0.15, 0.2) is 0 Å². The first-order valence-corrected chi connectivity index (χ1v) is 6.85. The lowest BCUT2D eigenvalue weighted by Gasteiger charge is -2.21. The molecule has 1 aromatic carbocycles. The molecule has 1 aliphatic heterocycles. The second kappa shape index (κ2) is 4.99. The van der Waals surface area contributed by atoms with Crippen molar-refractivity contribution in [3.8, 4) is 6.07 Å². The van der Waals surface area contributed by atoms with Crippen LogP contribution in [0.25, 0.3) is 0 Å². The highest BCUT2D eigenvalue weighted by Crippen LogP contribution is 2.27. The van der Waals surface area contributed by atoms with Crippen LogP contribution in [0.4, 0.5) is 5.69 Å². The lowest BCUT2D eigenvalue weighted by Crippen LogP contribution is -2.34. The van der Waals surface area contributed by atoms with E-state index in [1.54, 1.807) is 0 Å². The van der Waals surface area contributed by atoms with Crippen molar-refractivity contribution >= 4 is 5.69 Å². The standard InChI is InChI=1S/C15H19N3/c16-11-14(17-13-5-6-13)8-10-18-9-7-12-3-1-2-4-15(12)18/h1-4,13-14,17H,5-10H2. The molecular weight excluding hydrogens is 222 g/mol. The van der Waals surface area contributed by atoms with Gasteiger partial charge < -0.3 is 4.90 Å². The third-order valence-electron chi connectivity index (χ3n) is 3.84. The summed E-state index contributed by atoms with van der Waals surface area (Å²) in [5.41, 5.74) is 2.81. The van der Waals surface area contributed by atoms with Crippen LogP contribution in [0.5, 0.6) is 0 Å². The number of anilines is 1. The first-order chi connectivity index (χ1) is 8.86. The predicted molar refractivity (Wildman–Crippen MR) is 72.5 cm³/mol. The van der Waals surface area contributed by atoms with Gasteiger partial charge in [-0.3, -0.25) is 5.32 Å². The van der Waals surface area contributed by atoms with E-state index in [0.29, 0.717) is 6.04 Å². The normalized spacial score (nSPS) is 19.4. The molecule has 3 heteroatoms. The van der Waals surface area contributed by atoms with E-state index in [2.05, 4.69) is 40.6 Å². The van der Waals surface area contributed by atoms with Gasteiger partial charge in [0.1, 0.15) is 0 Å². The Morgan fingerprint density at radius 3 is 3.00 bits per heavy atom. The first-order valence-electron chi connectivity index (χ1n) is 6.85. The van der Waals surface area contributed by atoms with Crippen molar-refractivity contribution in [2.75, 3.05) is 18.0 Å². The lowest BCUT2D eigenvalue weighted by atomic mass is 10.2. The molecule has 18 heavy (non-hydrogen) atoms. The maximum Gasteiger partial charge on any atom is 0.0972 e. The zero-order valence-electron chi connectivity index (χ0n) is 10.6. The summed E-state index contributed by atoms with van der Waals surface area (Å²) in [4.78, 5) is 2.41. The second-order valence-corrected chi connectivity index (χ2v) is 5.28. The van der Waals surface area contributed by atoms with E-state index in [-0.39, 0.29) is 6.04 Å². The molecule has 1 aromatic rings. The fraction of sp³-hybridized carbons (Fsp3) is 0.533. The van der Waals surface area contributed by atoms with Gasteiger partial charge in [-0.1, -0.05) is 18.2 Å². The number of nitrogens with one attached hydrogen (secondary N) is 1. The van der Waals surface area contributed by atoms with Crippen LogP contribution in [-0.2, 0) is 6.42 Å². The average Bonchev–Trinajstić information content (AvgIpc) is 3.13. The molecule has 94 valence electrons. The average molecular weight is 241 g/mol. The number of hydrogen-bond donors (Lipinski definition) is 1. The Morgan fingerprint density at radius 1 is 1.39 bits per heavy atom. The number of rotatable bonds is 5. The molecule has 3 rings (SSSR count). The smallest absolute Gasteiger partial charge is 0.0972 e. The molecule has 0 bridgehead atoms. The van der Waals surface area contributed by atoms with Gasteiger partial charge >= 0.3 is 0 Å². The third kappa shape index (κ3) is 2.49. The molecule has 1 N–H and O–H groups in total. The number of para-hydroxylation sites is 1. The monoisotopic (exact) mass is 241 g/mol. The SMILES string of the molecule is N#CC(CCN1CCc2ccccc21)NC1CC1. The molecule has 3 nitrogen and oxygen atoms in total. The van der Waals surface area contributed by atoms with Crippen LogP contribution in [0.15, 0.2) is 24.3 Å². The second-order valence-electron chi connectivity index (χ2n) is 5.28. The van der Waals surface area contributed by atoms with Gasteiger partial charge in [-0.05, 0) is 37.3 Å². The fourth-order valence-electron chi connectivity index (χ4n) is 2.64. The van der Waals surface area contributed by atoms with Crippen LogP contribution in [0.3, 0.4) is 0 Å². The minimum Gasteiger partial charge on any atom is -0.371 e. The number of benzene rings is 1. The molecule has 1 atom stereocenters. The van der Waals surface area contributed by atoms with Gasteiger partial charge in [-0.25, -0.2) is 0 Å². The molecular formula is C15H19N3.